The van der Waals surface area contributed by atoms with E-state index in [9.17, 15) is 4.79 Å². The number of aryl methyl sites for hydroxylation is 1. The summed E-state index contributed by atoms with van der Waals surface area (Å²) in [6.45, 7) is 3.91. The Morgan fingerprint density at radius 1 is 1.16 bits per heavy atom. The van der Waals surface area contributed by atoms with Crippen LogP contribution >= 0.6 is 11.6 Å². The fourth-order valence-corrected chi connectivity index (χ4v) is 3.57. The number of carbonyl (C=O) groups excluding carboxylic acids is 1. The van der Waals surface area contributed by atoms with Crippen molar-refractivity contribution in [2.45, 2.75) is 19.9 Å². The van der Waals surface area contributed by atoms with Crippen molar-refractivity contribution in [3.05, 3.63) is 77.8 Å². The van der Waals surface area contributed by atoms with E-state index in [-0.39, 0.29) is 5.91 Å². The summed E-state index contributed by atoms with van der Waals surface area (Å²) in [5.74, 6) is 0.655. The fourth-order valence-electron chi connectivity index (χ4n) is 3.40. The van der Waals surface area contributed by atoms with Gasteiger partial charge in [0.05, 0.1) is 29.7 Å². The summed E-state index contributed by atoms with van der Waals surface area (Å²) in [5.41, 5.74) is 2.91. The third kappa shape index (κ3) is 5.03. The number of benzene rings is 2. The molecule has 7 heteroatoms. The van der Waals surface area contributed by atoms with Crippen molar-refractivity contribution in [1.29, 1.82) is 0 Å². The molecule has 0 saturated heterocycles. The van der Waals surface area contributed by atoms with Gasteiger partial charge >= 0.3 is 0 Å². The van der Waals surface area contributed by atoms with E-state index in [0.717, 1.165) is 40.9 Å². The first-order valence-electron chi connectivity index (χ1n) is 10.2. The van der Waals surface area contributed by atoms with Gasteiger partial charge in [0.15, 0.2) is 0 Å². The molecule has 6 nitrogen and oxygen atoms in total. The van der Waals surface area contributed by atoms with Crippen molar-refractivity contribution in [3.63, 3.8) is 0 Å². The Morgan fingerprint density at radius 3 is 2.74 bits per heavy atom. The molecule has 0 fully saturated rings. The van der Waals surface area contributed by atoms with Crippen molar-refractivity contribution < 1.29 is 9.53 Å². The Hall–Kier alpha value is -3.38. The molecule has 1 amide bonds. The van der Waals surface area contributed by atoms with E-state index >= 15 is 0 Å². The Labute approximate surface area is 185 Å². The predicted octanol–water partition coefficient (Wildman–Crippen LogP) is 4.97. The Bertz CT molecular complexity index is 1170. The molecular formula is C24H23ClN4O2. The molecule has 2 aromatic carbocycles. The van der Waals surface area contributed by atoms with Gasteiger partial charge in [-0.05, 0) is 61.9 Å². The molecule has 0 aliphatic heterocycles. The van der Waals surface area contributed by atoms with Gasteiger partial charge in [-0.2, -0.15) is 0 Å². The van der Waals surface area contributed by atoms with E-state index in [1.807, 2.05) is 54.1 Å². The molecule has 0 aliphatic carbocycles. The molecule has 158 valence electrons. The number of aromatic nitrogens is 3. The molecule has 2 heterocycles. The fraction of sp³-hybridized carbons (Fsp3) is 0.208. The molecule has 0 aliphatic rings. The van der Waals surface area contributed by atoms with Crippen LogP contribution in [0.5, 0.6) is 5.75 Å². The quantitative estimate of drug-likeness (QED) is 0.397. The Morgan fingerprint density at radius 2 is 2.00 bits per heavy atom. The number of carbonyl (C=O) groups is 1. The lowest BCUT2D eigenvalue weighted by Crippen LogP contribution is -2.25. The summed E-state index contributed by atoms with van der Waals surface area (Å²) in [7, 11) is 0. The number of rotatable bonds is 8. The Balaban J connectivity index is 1.59. The second-order valence-electron chi connectivity index (χ2n) is 7.08. The van der Waals surface area contributed by atoms with Gasteiger partial charge in [-0.3, -0.25) is 4.79 Å². The van der Waals surface area contributed by atoms with E-state index in [2.05, 4.69) is 10.3 Å². The molecule has 0 saturated carbocycles. The molecule has 0 unspecified atom stereocenters. The van der Waals surface area contributed by atoms with Crippen LogP contribution in [-0.2, 0) is 6.54 Å². The van der Waals surface area contributed by atoms with E-state index in [1.165, 1.54) is 0 Å². The van der Waals surface area contributed by atoms with Crippen LogP contribution in [0.4, 0.5) is 0 Å². The molecule has 1 N–H and O–H groups in total. The van der Waals surface area contributed by atoms with E-state index < -0.39 is 0 Å². The topological polar surface area (TPSA) is 69.0 Å². The number of ether oxygens (including phenoxy) is 1. The van der Waals surface area contributed by atoms with E-state index in [1.54, 1.807) is 24.7 Å². The Kier molecular flexibility index (Phi) is 6.48. The molecule has 2 aromatic heterocycles. The highest BCUT2D eigenvalue weighted by atomic mass is 35.5. The lowest BCUT2D eigenvalue weighted by molar-refractivity contribution is 0.0954. The van der Waals surface area contributed by atoms with Crippen LogP contribution in [0.25, 0.3) is 22.2 Å². The third-order valence-electron chi connectivity index (χ3n) is 4.91. The zero-order valence-corrected chi connectivity index (χ0v) is 18.0. The van der Waals surface area contributed by atoms with Crippen molar-refractivity contribution >= 4 is 28.4 Å². The summed E-state index contributed by atoms with van der Waals surface area (Å²) in [6.07, 6.45) is 6.22. The number of pyridine rings is 1. The summed E-state index contributed by atoms with van der Waals surface area (Å²) in [6, 6.07) is 14.9. The molecular weight excluding hydrogens is 412 g/mol. The number of hydrogen-bond acceptors (Lipinski definition) is 4. The normalized spacial score (nSPS) is 10.9. The minimum absolute atomic E-state index is 0.146. The highest BCUT2D eigenvalue weighted by Gasteiger charge is 2.14. The number of nitrogens with zero attached hydrogens (tertiary/aromatic N) is 3. The molecule has 31 heavy (non-hydrogen) atoms. The van der Waals surface area contributed by atoms with Crippen LogP contribution in [0.3, 0.4) is 0 Å². The largest absolute Gasteiger partial charge is 0.494 e. The predicted molar refractivity (Wildman–Crippen MR) is 123 cm³/mol. The number of hydrogen-bond donors (Lipinski definition) is 1. The van der Waals surface area contributed by atoms with Crippen molar-refractivity contribution in [3.8, 4) is 17.0 Å². The van der Waals surface area contributed by atoms with Gasteiger partial charge in [0.25, 0.3) is 5.91 Å². The maximum absolute atomic E-state index is 13.0. The zero-order chi connectivity index (χ0) is 21.6. The summed E-state index contributed by atoms with van der Waals surface area (Å²) >= 11 is 6.20. The van der Waals surface area contributed by atoms with Gasteiger partial charge in [-0.15, -0.1) is 0 Å². The number of amides is 1. The van der Waals surface area contributed by atoms with E-state index in [0.29, 0.717) is 23.7 Å². The molecule has 4 aromatic rings. The number of fused-ring (bicyclic) bond motifs is 1. The molecule has 0 radical (unpaired) electrons. The van der Waals surface area contributed by atoms with Gasteiger partial charge in [-0.25, -0.2) is 9.97 Å². The van der Waals surface area contributed by atoms with E-state index in [4.69, 9.17) is 21.3 Å². The maximum Gasteiger partial charge on any atom is 0.252 e. The average Bonchev–Trinajstić information content (AvgIpc) is 3.30. The van der Waals surface area contributed by atoms with Crippen LogP contribution in [0.2, 0.25) is 5.02 Å². The maximum atomic E-state index is 13.0. The molecule has 4 rings (SSSR count). The van der Waals surface area contributed by atoms with Crippen LogP contribution in [-0.4, -0.2) is 33.6 Å². The first-order chi connectivity index (χ1) is 15.1. The SMILES string of the molecule is CCOc1ccc(-c2cc(C(=O)NCCCn3ccnc3)c3cc(Cl)ccc3n2)cc1. The first kappa shape index (κ1) is 20.9. The highest BCUT2D eigenvalue weighted by Crippen LogP contribution is 2.28. The molecule has 0 bridgehead atoms. The monoisotopic (exact) mass is 434 g/mol. The van der Waals surface area contributed by atoms with Crippen LogP contribution < -0.4 is 10.1 Å². The summed E-state index contributed by atoms with van der Waals surface area (Å²) < 4.78 is 7.50. The lowest BCUT2D eigenvalue weighted by atomic mass is 10.0. The smallest absolute Gasteiger partial charge is 0.252 e. The second kappa shape index (κ2) is 9.62. The van der Waals surface area contributed by atoms with Crippen LogP contribution in [0.1, 0.15) is 23.7 Å². The van der Waals surface area contributed by atoms with Crippen LogP contribution in [0.15, 0.2) is 67.3 Å². The van der Waals surface area contributed by atoms with Gasteiger partial charge in [-0.1, -0.05) is 11.6 Å². The molecule has 0 spiro atoms. The average molecular weight is 435 g/mol. The first-order valence-corrected chi connectivity index (χ1v) is 10.6. The molecule has 0 atom stereocenters. The van der Waals surface area contributed by atoms with Crippen molar-refractivity contribution in [2.75, 3.05) is 13.2 Å². The van der Waals surface area contributed by atoms with Gasteiger partial charge in [0.1, 0.15) is 5.75 Å². The zero-order valence-electron chi connectivity index (χ0n) is 17.2. The standard InChI is InChI=1S/C24H23ClN4O2/c1-2-31-19-7-4-17(5-8-19)23-15-21(20-14-18(25)6-9-22(20)28-23)24(30)27-10-3-12-29-13-11-26-16-29/h4-9,11,13-16H,2-3,10,12H2,1H3,(H,27,30). The highest BCUT2D eigenvalue weighted by molar-refractivity contribution is 6.31. The summed E-state index contributed by atoms with van der Waals surface area (Å²) in [5, 5.41) is 4.31. The number of halogens is 1. The van der Waals surface area contributed by atoms with Crippen LogP contribution in [0, 0.1) is 0 Å². The van der Waals surface area contributed by atoms with Gasteiger partial charge in [0, 0.05) is 41.5 Å². The minimum atomic E-state index is -0.146. The third-order valence-corrected chi connectivity index (χ3v) is 5.15. The lowest BCUT2D eigenvalue weighted by Gasteiger charge is -2.12. The number of nitrogens with one attached hydrogen (secondary N) is 1. The summed E-state index contributed by atoms with van der Waals surface area (Å²) in [4.78, 5) is 21.8. The van der Waals surface area contributed by atoms with Crippen molar-refractivity contribution in [1.82, 2.24) is 19.9 Å². The number of imidazole rings is 1. The van der Waals surface area contributed by atoms with Gasteiger partial charge < -0.3 is 14.6 Å². The van der Waals surface area contributed by atoms with Crippen molar-refractivity contribution in [2.24, 2.45) is 0 Å². The second-order valence-corrected chi connectivity index (χ2v) is 7.52. The minimum Gasteiger partial charge on any atom is -0.494 e. The van der Waals surface area contributed by atoms with Gasteiger partial charge in [0.2, 0.25) is 0 Å².